The van der Waals surface area contributed by atoms with E-state index in [0.29, 0.717) is 6.04 Å². The number of nitrogens with one attached hydrogen (secondary N) is 2. The van der Waals surface area contributed by atoms with E-state index < -0.39 is 0 Å². The number of hydrogen-bond acceptors (Lipinski definition) is 2. The maximum Gasteiger partial charge on any atom is 0.222 e. The van der Waals surface area contributed by atoms with E-state index in [0.717, 1.165) is 25.9 Å². The van der Waals surface area contributed by atoms with Crippen molar-refractivity contribution in [3.63, 3.8) is 0 Å². The smallest absolute Gasteiger partial charge is 0.222 e. The number of amides is 1. The van der Waals surface area contributed by atoms with Crippen LogP contribution in [0.1, 0.15) is 12.8 Å². The summed E-state index contributed by atoms with van der Waals surface area (Å²) in [4.78, 5) is 11.4. The van der Waals surface area contributed by atoms with Gasteiger partial charge in [0.1, 0.15) is 0 Å². The van der Waals surface area contributed by atoms with Crippen LogP contribution in [0.5, 0.6) is 0 Å². The van der Waals surface area contributed by atoms with Crippen LogP contribution in [0.15, 0.2) is 0 Å². The van der Waals surface area contributed by atoms with Crippen LogP contribution in [0.2, 0.25) is 5.82 Å². The molecule has 2 N–H and O–H groups in total. The van der Waals surface area contributed by atoms with E-state index in [9.17, 15) is 4.79 Å². The van der Waals surface area contributed by atoms with Gasteiger partial charge in [-0.25, -0.2) is 0 Å². The molecule has 2 rings (SSSR count). The molecule has 3 atom stereocenters. The van der Waals surface area contributed by atoms with Crippen LogP contribution in [0.25, 0.3) is 0 Å². The van der Waals surface area contributed by atoms with Crippen LogP contribution >= 0.6 is 0 Å². The van der Waals surface area contributed by atoms with Crippen molar-refractivity contribution in [2.24, 2.45) is 5.92 Å². The molecule has 2 aliphatic rings. The molecule has 1 aliphatic carbocycles. The van der Waals surface area contributed by atoms with E-state index in [1.807, 2.05) is 0 Å². The van der Waals surface area contributed by atoms with Crippen molar-refractivity contribution in [1.82, 2.24) is 10.6 Å². The number of rotatable bonds is 2. The van der Waals surface area contributed by atoms with E-state index in [2.05, 4.69) is 10.6 Å². The van der Waals surface area contributed by atoms with Crippen LogP contribution < -0.4 is 10.6 Å². The largest absolute Gasteiger partial charge is 0.352 e. The van der Waals surface area contributed by atoms with E-state index >= 15 is 0 Å². The quantitative estimate of drug-likeness (QED) is 0.537. The van der Waals surface area contributed by atoms with Gasteiger partial charge in [0.2, 0.25) is 5.91 Å². The third kappa shape index (κ3) is 1.63. The van der Waals surface area contributed by atoms with Gasteiger partial charge in [-0.15, -0.1) is 0 Å². The Hall–Kier alpha value is -0.505. The topological polar surface area (TPSA) is 41.1 Å². The number of carbonyl (C=O) groups is 1. The van der Waals surface area contributed by atoms with Crippen molar-refractivity contribution in [2.75, 3.05) is 13.1 Å². The summed E-state index contributed by atoms with van der Waals surface area (Å²) in [6, 6.07) is 0.338. The summed E-state index contributed by atoms with van der Waals surface area (Å²) in [5, 5.41) is 6.19. The van der Waals surface area contributed by atoms with Gasteiger partial charge in [0.25, 0.3) is 0 Å². The minimum absolute atomic E-state index is 0.102. The van der Waals surface area contributed by atoms with Crippen molar-refractivity contribution in [1.29, 1.82) is 0 Å². The maximum absolute atomic E-state index is 11.4. The van der Waals surface area contributed by atoms with Gasteiger partial charge in [-0.3, -0.25) is 4.79 Å². The summed E-state index contributed by atoms with van der Waals surface area (Å²) in [7, 11) is 5.57. The summed E-state index contributed by atoms with van der Waals surface area (Å²) in [5.41, 5.74) is 0. The van der Waals surface area contributed by atoms with Crippen LogP contribution in [0.4, 0.5) is 0 Å². The molecule has 3 unspecified atom stereocenters. The van der Waals surface area contributed by atoms with Gasteiger partial charge in [-0.2, -0.15) is 0 Å². The fourth-order valence-electron chi connectivity index (χ4n) is 1.60. The second-order valence-electron chi connectivity index (χ2n) is 3.70. The van der Waals surface area contributed by atoms with Crippen molar-refractivity contribution >= 4 is 13.8 Å². The Morgan fingerprint density at radius 1 is 1.58 bits per heavy atom. The van der Waals surface area contributed by atoms with Crippen LogP contribution in [0, 0.1) is 5.92 Å². The fourth-order valence-corrected chi connectivity index (χ4v) is 1.60. The highest BCUT2D eigenvalue weighted by molar-refractivity contribution is 6.16. The molecular formula is C8H13BN2O. The minimum Gasteiger partial charge on any atom is -0.352 e. The molecule has 0 spiro atoms. The standard InChI is InChI=1S/C8H13BN2O/c9-7-3-6(7)8(12)11-5-1-2-10-4-5/h5-7,10H,1-4H2,(H,11,12). The number of carbonyl (C=O) groups excluding carboxylic acids is 1. The highest BCUT2D eigenvalue weighted by atomic mass is 16.2. The van der Waals surface area contributed by atoms with Gasteiger partial charge in [0.15, 0.2) is 0 Å². The van der Waals surface area contributed by atoms with Gasteiger partial charge < -0.3 is 10.6 Å². The molecule has 0 aromatic rings. The predicted octanol–water partition coefficient (Wildman–Crippen LogP) is -0.559. The molecule has 0 aromatic heterocycles. The molecule has 2 fully saturated rings. The van der Waals surface area contributed by atoms with Gasteiger partial charge in [0.05, 0.1) is 7.85 Å². The van der Waals surface area contributed by atoms with Crippen molar-refractivity contribution in [3.05, 3.63) is 0 Å². The first-order chi connectivity index (χ1) is 5.77. The lowest BCUT2D eigenvalue weighted by Crippen LogP contribution is -2.37. The molecule has 1 heterocycles. The second kappa shape index (κ2) is 3.09. The summed E-state index contributed by atoms with van der Waals surface area (Å²) in [5.74, 6) is 0.376. The molecule has 0 bridgehead atoms. The second-order valence-corrected chi connectivity index (χ2v) is 3.70. The fraction of sp³-hybridized carbons (Fsp3) is 0.875. The third-order valence-electron chi connectivity index (χ3n) is 2.58. The molecule has 1 amide bonds. The molecular weight excluding hydrogens is 151 g/mol. The molecule has 2 radical (unpaired) electrons. The van der Waals surface area contributed by atoms with Crippen molar-refractivity contribution < 1.29 is 4.79 Å². The lowest BCUT2D eigenvalue weighted by molar-refractivity contribution is -0.122. The highest BCUT2D eigenvalue weighted by Crippen LogP contribution is 2.41. The molecule has 4 heteroatoms. The minimum atomic E-state index is 0.102. The van der Waals surface area contributed by atoms with Crippen molar-refractivity contribution in [3.8, 4) is 0 Å². The summed E-state index contributed by atoms with van der Waals surface area (Å²) >= 11 is 0. The monoisotopic (exact) mass is 164 g/mol. The highest BCUT2D eigenvalue weighted by Gasteiger charge is 2.39. The Labute approximate surface area is 73.7 Å². The molecule has 1 aliphatic heterocycles. The molecule has 1 saturated carbocycles. The third-order valence-corrected chi connectivity index (χ3v) is 2.58. The van der Waals surface area contributed by atoms with Crippen molar-refractivity contribution in [2.45, 2.75) is 24.7 Å². The van der Waals surface area contributed by atoms with Gasteiger partial charge in [-0.1, -0.05) is 5.82 Å². The lowest BCUT2D eigenvalue weighted by Gasteiger charge is -2.10. The van der Waals surface area contributed by atoms with Gasteiger partial charge in [-0.05, 0) is 19.4 Å². The Morgan fingerprint density at radius 3 is 2.83 bits per heavy atom. The Bertz CT molecular complexity index is 191. The Morgan fingerprint density at radius 2 is 2.33 bits per heavy atom. The van der Waals surface area contributed by atoms with Crippen LogP contribution in [-0.2, 0) is 4.79 Å². The zero-order valence-corrected chi connectivity index (χ0v) is 7.05. The molecule has 3 nitrogen and oxygen atoms in total. The molecule has 12 heavy (non-hydrogen) atoms. The van der Waals surface area contributed by atoms with Gasteiger partial charge >= 0.3 is 0 Å². The van der Waals surface area contributed by atoms with E-state index in [1.165, 1.54) is 0 Å². The van der Waals surface area contributed by atoms with E-state index in [-0.39, 0.29) is 17.6 Å². The Kier molecular flexibility index (Phi) is 2.09. The molecule has 64 valence electrons. The summed E-state index contributed by atoms with van der Waals surface area (Å²) < 4.78 is 0. The SMILES string of the molecule is [B]C1CC1C(=O)NC1CCNC1. The van der Waals surface area contributed by atoms with Crippen LogP contribution in [-0.4, -0.2) is 32.9 Å². The van der Waals surface area contributed by atoms with E-state index in [4.69, 9.17) is 7.85 Å². The summed E-state index contributed by atoms with van der Waals surface area (Å²) in [6.45, 7) is 1.93. The van der Waals surface area contributed by atoms with Crippen LogP contribution in [0.3, 0.4) is 0 Å². The lowest BCUT2D eigenvalue weighted by atomic mass is 10.00. The average Bonchev–Trinajstić information content (AvgIpc) is 2.58. The first-order valence-corrected chi connectivity index (χ1v) is 4.54. The summed E-state index contributed by atoms with van der Waals surface area (Å²) in [6.07, 6.45) is 1.92. The average molecular weight is 164 g/mol. The maximum atomic E-state index is 11.4. The Balaban J connectivity index is 1.75. The zero-order valence-electron chi connectivity index (χ0n) is 7.05. The van der Waals surface area contributed by atoms with Gasteiger partial charge in [0, 0.05) is 18.5 Å². The normalized spacial score (nSPS) is 39.5. The zero-order chi connectivity index (χ0) is 8.55. The molecule has 0 aromatic carbocycles. The first-order valence-electron chi connectivity index (χ1n) is 4.54. The number of hydrogen-bond donors (Lipinski definition) is 2. The first kappa shape index (κ1) is 8.11. The predicted molar refractivity (Wildman–Crippen MR) is 47.0 cm³/mol. The molecule has 1 saturated heterocycles. The van der Waals surface area contributed by atoms with E-state index in [1.54, 1.807) is 0 Å².